The number of aromatic nitrogens is 1. The van der Waals surface area contributed by atoms with Crippen LogP contribution in [-0.2, 0) is 9.59 Å². The van der Waals surface area contributed by atoms with Gasteiger partial charge >= 0.3 is 0 Å². The molecule has 2 aromatic rings. The van der Waals surface area contributed by atoms with Gasteiger partial charge in [-0.25, -0.2) is 9.88 Å². The molecule has 2 bridgehead atoms. The Morgan fingerprint density at radius 1 is 0.846 bits per heavy atom. The molecule has 7 rings (SSSR count). The summed E-state index contributed by atoms with van der Waals surface area (Å²) in [5, 5.41) is 2.32. The Bertz CT molecular complexity index is 930. The average molecular weight is 360 g/mol. The Hall–Kier alpha value is -2.53. The first-order valence-electron chi connectivity index (χ1n) is 8.98. The Balaban J connectivity index is 1.57. The van der Waals surface area contributed by atoms with Crippen LogP contribution in [0.2, 0.25) is 0 Å². The number of allylic oxidation sites excluding steroid dienone is 4. The van der Waals surface area contributed by atoms with Crippen molar-refractivity contribution in [3.8, 4) is 0 Å². The lowest BCUT2D eigenvalue weighted by Crippen LogP contribution is -2.49. The summed E-state index contributed by atoms with van der Waals surface area (Å²) in [7, 11) is 0. The third-order valence-electron chi connectivity index (χ3n) is 6.55. The van der Waals surface area contributed by atoms with E-state index in [0.717, 1.165) is 0 Å². The Kier molecular flexibility index (Phi) is 2.82. The van der Waals surface area contributed by atoms with Gasteiger partial charge in [0.15, 0.2) is 5.13 Å². The summed E-state index contributed by atoms with van der Waals surface area (Å²) in [5.74, 6) is 0.0139. The second kappa shape index (κ2) is 5.01. The van der Waals surface area contributed by atoms with Gasteiger partial charge in [-0.15, -0.1) is 11.3 Å². The van der Waals surface area contributed by atoms with Crippen molar-refractivity contribution >= 4 is 28.3 Å². The fraction of sp³-hybridized carbons (Fsp3) is 0.286. The standard InChI is InChI=1S/C21H16N2O2S/c24-19-17-15-11-5-1-2-6-12(11)16(14-8-4-3-7-13(14)15)18(17)20(25)23(19)21-22-9-10-26-21/h1-12,15-18H/t11-,12+,15-,16-,17+,18+/m0/s1. The van der Waals surface area contributed by atoms with E-state index >= 15 is 0 Å². The average Bonchev–Trinajstić information content (AvgIpc) is 3.29. The molecule has 1 saturated carbocycles. The minimum atomic E-state index is -0.274. The van der Waals surface area contributed by atoms with Crippen LogP contribution >= 0.6 is 11.3 Å². The molecule has 0 N–H and O–H groups in total. The third-order valence-corrected chi connectivity index (χ3v) is 7.30. The number of carbonyl (C=O) groups excluding carboxylic acids is 2. The largest absolute Gasteiger partial charge is 0.274 e. The molecule has 0 unspecified atom stereocenters. The van der Waals surface area contributed by atoms with Crippen molar-refractivity contribution in [2.45, 2.75) is 11.8 Å². The van der Waals surface area contributed by atoms with E-state index in [1.54, 1.807) is 6.20 Å². The maximum Gasteiger partial charge on any atom is 0.240 e. The molecule has 26 heavy (non-hydrogen) atoms. The van der Waals surface area contributed by atoms with E-state index in [0.29, 0.717) is 5.13 Å². The highest BCUT2D eigenvalue weighted by Gasteiger charge is 2.65. The van der Waals surface area contributed by atoms with Gasteiger partial charge in [0.2, 0.25) is 11.8 Å². The van der Waals surface area contributed by atoms with Crippen LogP contribution in [0, 0.1) is 23.7 Å². The molecule has 1 aromatic heterocycles. The first kappa shape index (κ1) is 14.6. The van der Waals surface area contributed by atoms with Crippen LogP contribution in [-0.4, -0.2) is 16.8 Å². The zero-order chi connectivity index (χ0) is 17.4. The predicted octanol–water partition coefficient (Wildman–Crippen LogP) is 3.50. The number of carbonyl (C=O) groups is 2. The Labute approximate surface area is 154 Å². The number of benzene rings is 1. The van der Waals surface area contributed by atoms with Crippen LogP contribution < -0.4 is 4.90 Å². The number of hydrogen-bond acceptors (Lipinski definition) is 4. The van der Waals surface area contributed by atoms with E-state index in [1.165, 1.54) is 27.4 Å². The summed E-state index contributed by atoms with van der Waals surface area (Å²) in [4.78, 5) is 32.3. The number of amides is 2. The number of anilines is 1. The molecular formula is C21H16N2O2S. The number of imide groups is 1. The van der Waals surface area contributed by atoms with Gasteiger partial charge in [-0.05, 0) is 23.0 Å². The maximum atomic E-state index is 13.4. The van der Waals surface area contributed by atoms with Gasteiger partial charge in [0, 0.05) is 23.4 Å². The van der Waals surface area contributed by atoms with Crippen molar-refractivity contribution in [3.63, 3.8) is 0 Å². The molecule has 1 aliphatic heterocycles. The topological polar surface area (TPSA) is 50.3 Å². The van der Waals surface area contributed by atoms with Crippen molar-refractivity contribution in [1.29, 1.82) is 0 Å². The SMILES string of the molecule is O=C1[C@H]2[C@H](C(=O)N1c1nccs1)[C@@H]1c3ccccc3[C@@H]2[C@@H]2C=CC=C[C@@H]21. The third kappa shape index (κ3) is 1.62. The fourth-order valence-corrected chi connectivity index (χ4v) is 6.39. The lowest BCUT2D eigenvalue weighted by Gasteiger charge is -2.53. The van der Waals surface area contributed by atoms with Gasteiger partial charge < -0.3 is 0 Å². The minimum Gasteiger partial charge on any atom is -0.274 e. The van der Waals surface area contributed by atoms with Crippen LogP contribution in [0.4, 0.5) is 5.13 Å². The molecule has 1 aromatic carbocycles. The molecule has 4 aliphatic carbocycles. The van der Waals surface area contributed by atoms with Crippen molar-refractivity contribution in [2.75, 3.05) is 4.90 Å². The van der Waals surface area contributed by atoms with E-state index in [9.17, 15) is 9.59 Å². The summed E-state index contributed by atoms with van der Waals surface area (Å²) in [6, 6.07) is 8.39. The lowest BCUT2D eigenvalue weighted by molar-refractivity contribution is -0.125. The maximum absolute atomic E-state index is 13.4. The number of rotatable bonds is 1. The number of hydrogen-bond donors (Lipinski definition) is 0. The van der Waals surface area contributed by atoms with Gasteiger partial charge in [-0.2, -0.15) is 0 Å². The zero-order valence-electron chi connectivity index (χ0n) is 13.9. The van der Waals surface area contributed by atoms with Crippen LogP contribution in [0.5, 0.6) is 0 Å². The molecule has 5 aliphatic rings. The van der Waals surface area contributed by atoms with Crippen LogP contribution in [0.3, 0.4) is 0 Å². The highest BCUT2D eigenvalue weighted by atomic mass is 32.1. The monoisotopic (exact) mass is 360 g/mol. The van der Waals surface area contributed by atoms with E-state index in [1.807, 2.05) is 17.5 Å². The molecule has 2 heterocycles. The highest BCUT2D eigenvalue weighted by molar-refractivity contribution is 7.14. The summed E-state index contributed by atoms with van der Waals surface area (Å²) in [5.41, 5.74) is 2.50. The zero-order valence-corrected chi connectivity index (χ0v) is 14.7. The molecule has 0 spiro atoms. The second-order valence-corrected chi connectivity index (χ2v) is 8.36. The highest BCUT2D eigenvalue weighted by Crippen LogP contribution is 2.64. The molecule has 6 atom stereocenters. The smallest absolute Gasteiger partial charge is 0.240 e. The summed E-state index contributed by atoms with van der Waals surface area (Å²) >= 11 is 1.35. The summed E-state index contributed by atoms with van der Waals surface area (Å²) in [6.07, 6.45) is 10.3. The van der Waals surface area contributed by atoms with Crippen LogP contribution in [0.1, 0.15) is 23.0 Å². The van der Waals surface area contributed by atoms with Crippen LogP contribution in [0.15, 0.2) is 60.1 Å². The van der Waals surface area contributed by atoms with Gasteiger partial charge in [0.25, 0.3) is 0 Å². The minimum absolute atomic E-state index is 0.0637. The van der Waals surface area contributed by atoms with Crippen molar-refractivity contribution in [3.05, 3.63) is 71.3 Å². The van der Waals surface area contributed by atoms with Crippen LogP contribution in [0.25, 0.3) is 0 Å². The molecule has 4 nitrogen and oxygen atoms in total. The molecule has 0 radical (unpaired) electrons. The van der Waals surface area contributed by atoms with E-state index < -0.39 is 0 Å². The number of thiazole rings is 1. The number of nitrogens with zero attached hydrogens (tertiary/aromatic N) is 2. The van der Waals surface area contributed by atoms with Crippen molar-refractivity contribution < 1.29 is 9.59 Å². The lowest BCUT2D eigenvalue weighted by atomic mass is 9.48. The van der Waals surface area contributed by atoms with Gasteiger partial charge in [-0.1, -0.05) is 48.6 Å². The van der Waals surface area contributed by atoms with E-state index in [-0.39, 0.29) is 47.3 Å². The molecule has 2 amide bonds. The van der Waals surface area contributed by atoms with Gasteiger partial charge in [0.1, 0.15) is 0 Å². The molecular weight excluding hydrogens is 344 g/mol. The molecule has 2 fully saturated rings. The molecule has 5 heteroatoms. The van der Waals surface area contributed by atoms with Crippen molar-refractivity contribution in [2.24, 2.45) is 23.7 Å². The van der Waals surface area contributed by atoms with E-state index in [4.69, 9.17) is 0 Å². The normalized spacial score (nSPS) is 36.2. The fourth-order valence-electron chi connectivity index (χ4n) is 5.74. The predicted molar refractivity (Wildman–Crippen MR) is 98.8 cm³/mol. The second-order valence-electron chi connectivity index (χ2n) is 7.48. The molecule has 1 saturated heterocycles. The van der Waals surface area contributed by atoms with Crippen molar-refractivity contribution in [1.82, 2.24) is 4.98 Å². The van der Waals surface area contributed by atoms with E-state index in [2.05, 4.69) is 41.4 Å². The summed E-state index contributed by atoms with van der Waals surface area (Å²) < 4.78 is 0. The quantitative estimate of drug-likeness (QED) is 0.732. The summed E-state index contributed by atoms with van der Waals surface area (Å²) in [6.45, 7) is 0. The Morgan fingerprint density at radius 3 is 1.92 bits per heavy atom. The first-order chi connectivity index (χ1) is 12.8. The Morgan fingerprint density at radius 2 is 1.42 bits per heavy atom. The van der Waals surface area contributed by atoms with Gasteiger partial charge in [-0.3, -0.25) is 9.59 Å². The molecule has 128 valence electrons. The first-order valence-corrected chi connectivity index (χ1v) is 9.86. The van der Waals surface area contributed by atoms with Gasteiger partial charge in [0.05, 0.1) is 11.8 Å².